The highest BCUT2D eigenvalue weighted by molar-refractivity contribution is 5.91. The molecule has 5 aromatic rings. The number of aromatic amines is 2. The fraction of sp³-hybridized carbons (Fsp3) is 0.182. The first kappa shape index (κ1) is 33.2. The number of hydrogen-bond donors (Lipinski definition) is 4. The number of ether oxygens (including phenoxy) is 4. The Hall–Kier alpha value is -6.19. The second kappa shape index (κ2) is 14.9. The number of rotatable bonds is 8. The number of esters is 3. The van der Waals surface area contributed by atoms with Gasteiger partial charge in [-0.05, 0) is 36.4 Å². The van der Waals surface area contributed by atoms with E-state index in [0.29, 0.717) is 0 Å². The maximum atomic E-state index is 13.4. The topological polar surface area (TPSA) is 216 Å². The number of carbonyl (C=O) groups is 3. The maximum Gasteiger partial charge on any atom is 0.338 e. The molecule has 0 unspecified atom stereocenters. The van der Waals surface area contributed by atoms with Gasteiger partial charge in [0.2, 0.25) is 0 Å². The van der Waals surface area contributed by atoms with Crippen LogP contribution in [0.2, 0.25) is 0 Å². The lowest BCUT2D eigenvalue weighted by molar-refractivity contribution is -0.0610. The molecule has 6 rings (SSSR count). The molecule has 1 fully saturated rings. The number of aliphatic hydroxyl groups is 1. The number of aromatic nitrogens is 4. The van der Waals surface area contributed by atoms with Crippen molar-refractivity contribution in [3.05, 3.63) is 140 Å². The maximum absolute atomic E-state index is 13.4. The Bertz CT molecular complexity index is 2080. The number of aliphatic hydroxyl groups excluding tert-OH is 1. The second-order valence-electron chi connectivity index (χ2n) is 10.1. The van der Waals surface area contributed by atoms with Crippen LogP contribution in [-0.4, -0.2) is 74.6 Å². The molecule has 4 N–H and O–H groups in total. The molecule has 15 heteroatoms. The lowest BCUT2D eigenvalue weighted by atomic mass is 10.1. The van der Waals surface area contributed by atoms with E-state index in [1.807, 2.05) is 0 Å². The van der Waals surface area contributed by atoms with Crippen LogP contribution in [-0.2, 0) is 18.9 Å². The van der Waals surface area contributed by atoms with Crippen LogP contribution < -0.4 is 16.7 Å². The summed E-state index contributed by atoms with van der Waals surface area (Å²) >= 11 is 0. The van der Waals surface area contributed by atoms with Gasteiger partial charge in [-0.2, -0.15) is 0 Å². The van der Waals surface area contributed by atoms with Crippen LogP contribution >= 0.6 is 0 Å². The van der Waals surface area contributed by atoms with Crippen LogP contribution in [0.3, 0.4) is 0 Å². The summed E-state index contributed by atoms with van der Waals surface area (Å²) in [6.07, 6.45) is -4.31. The average molecular weight is 656 g/mol. The fourth-order valence-corrected chi connectivity index (χ4v) is 5.00. The number of nitrogens with zero attached hydrogens (tertiary/aromatic N) is 2. The lowest BCUT2D eigenvalue weighted by Gasteiger charge is -2.25. The second-order valence-corrected chi connectivity index (χ2v) is 10.1. The predicted molar refractivity (Wildman–Crippen MR) is 167 cm³/mol. The Labute approximate surface area is 270 Å². The van der Waals surface area contributed by atoms with Crippen molar-refractivity contribution in [2.75, 3.05) is 13.7 Å². The molecule has 0 amide bonds. The lowest BCUT2D eigenvalue weighted by Crippen LogP contribution is -2.41. The van der Waals surface area contributed by atoms with E-state index in [4.69, 9.17) is 29.5 Å². The van der Waals surface area contributed by atoms with Crippen LogP contribution in [0.25, 0.3) is 11.0 Å². The van der Waals surface area contributed by atoms with Crippen LogP contribution in [0.1, 0.15) is 37.3 Å². The van der Waals surface area contributed by atoms with Gasteiger partial charge in [-0.25, -0.2) is 24.2 Å². The molecule has 3 heterocycles. The molecule has 48 heavy (non-hydrogen) atoms. The van der Waals surface area contributed by atoms with Gasteiger partial charge >= 0.3 is 23.6 Å². The van der Waals surface area contributed by atoms with Gasteiger partial charge in [0.15, 0.2) is 23.9 Å². The molecule has 3 aromatic carbocycles. The van der Waals surface area contributed by atoms with Gasteiger partial charge in [-0.1, -0.05) is 54.6 Å². The SMILES string of the molecule is CO.N=c1ncn([C@@H]2O[C@H](COC(=O)c3ccccc3)[C@@H](OC(=O)c3ccccc3)[C@H]2OC(=O)c2ccccc2)c2[nH]c(=O)[nH]c(=O)c12. The number of benzene rings is 3. The Morgan fingerprint density at radius 2 is 1.29 bits per heavy atom. The molecule has 1 aliphatic heterocycles. The molecule has 0 aliphatic carbocycles. The van der Waals surface area contributed by atoms with Crippen molar-refractivity contribution in [2.45, 2.75) is 24.5 Å². The Morgan fingerprint density at radius 1 is 0.792 bits per heavy atom. The van der Waals surface area contributed by atoms with Crippen LogP contribution in [0.15, 0.2) is 107 Å². The summed E-state index contributed by atoms with van der Waals surface area (Å²) in [6.45, 7) is -0.449. The zero-order valence-electron chi connectivity index (χ0n) is 25.3. The van der Waals surface area contributed by atoms with Crippen molar-refractivity contribution >= 4 is 28.9 Å². The van der Waals surface area contributed by atoms with Gasteiger partial charge in [-0.3, -0.25) is 24.7 Å². The normalized spacial score (nSPS) is 18.3. The number of H-pyrrole nitrogens is 2. The zero-order chi connectivity index (χ0) is 34.2. The first-order chi connectivity index (χ1) is 23.3. The molecule has 1 saturated heterocycles. The molecule has 4 atom stereocenters. The van der Waals surface area contributed by atoms with Crippen molar-refractivity contribution in [1.29, 1.82) is 5.41 Å². The fourth-order valence-electron chi connectivity index (χ4n) is 5.00. The third-order valence-corrected chi connectivity index (χ3v) is 7.18. The molecule has 0 saturated carbocycles. The average Bonchev–Trinajstić information content (AvgIpc) is 3.44. The Morgan fingerprint density at radius 3 is 1.83 bits per heavy atom. The smallest absolute Gasteiger partial charge is 0.338 e. The first-order valence-corrected chi connectivity index (χ1v) is 14.4. The summed E-state index contributed by atoms with van der Waals surface area (Å²) in [5.41, 5.74) is -1.76. The summed E-state index contributed by atoms with van der Waals surface area (Å²) in [6, 6.07) is 24.2. The molecular weight excluding hydrogens is 626 g/mol. The Balaban J connectivity index is 0.00000221. The van der Waals surface area contributed by atoms with Crippen LogP contribution in [0.4, 0.5) is 0 Å². The van der Waals surface area contributed by atoms with Gasteiger partial charge in [0.25, 0.3) is 5.56 Å². The van der Waals surface area contributed by atoms with Gasteiger partial charge in [0.1, 0.15) is 30.1 Å². The van der Waals surface area contributed by atoms with Gasteiger partial charge < -0.3 is 24.1 Å². The number of hydrogen-bond acceptors (Lipinski definition) is 12. The van der Waals surface area contributed by atoms with Gasteiger partial charge in [0, 0.05) is 7.11 Å². The molecule has 15 nitrogen and oxygen atoms in total. The van der Waals surface area contributed by atoms with E-state index < -0.39 is 65.8 Å². The van der Waals surface area contributed by atoms with E-state index in [1.54, 1.807) is 66.7 Å². The van der Waals surface area contributed by atoms with Crippen molar-refractivity contribution in [3.63, 3.8) is 0 Å². The molecule has 0 bridgehead atoms. The third-order valence-electron chi connectivity index (χ3n) is 7.18. The van der Waals surface area contributed by atoms with E-state index in [0.717, 1.165) is 13.4 Å². The number of carbonyl (C=O) groups excluding carboxylic acids is 3. The van der Waals surface area contributed by atoms with E-state index >= 15 is 0 Å². The zero-order valence-corrected chi connectivity index (χ0v) is 25.3. The predicted octanol–water partition coefficient (Wildman–Crippen LogP) is 1.71. The minimum Gasteiger partial charge on any atom is -0.459 e. The number of fused-ring (bicyclic) bond motifs is 1. The van der Waals surface area contributed by atoms with Gasteiger partial charge in [-0.15, -0.1) is 0 Å². The quantitative estimate of drug-likeness (QED) is 0.139. The van der Waals surface area contributed by atoms with E-state index in [2.05, 4.69) is 15.0 Å². The van der Waals surface area contributed by atoms with Crippen molar-refractivity contribution in [2.24, 2.45) is 0 Å². The highest BCUT2D eigenvalue weighted by Crippen LogP contribution is 2.36. The number of nitrogens with one attached hydrogen (secondary N) is 3. The summed E-state index contributed by atoms with van der Waals surface area (Å²) in [5.74, 6) is -2.27. The first-order valence-electron chi connectivity index (χ1n) is 14.4. The molecule has 2 aromatic heterocycles. The highest BCUT2D eigenvalue weighted by atomic mass is 16.7. The largest absolute Gasteiger partial charge is 0.459 e. The molecule has 0 spiro atoms. The monoisotopic (exact) mass is 655 g/mol. The van der Waals surface area contributed by atoms with E-state index in [-0.39, 0.29) is 27.7 Å². The van der Waals surface area contributed by atoms with Crippen LogP contribution in [0.5, 0.6) is 0 Å². The van der Waals surface area contributed by atoms with Crippen molar-refractivity contribution in [3.8, 4) is 0 Å². The van der Waals surface area contributed by atoms with Crippen molar-refractivity contribution < 1.29 is 38.4 Å². The minimum atomic E-state index is -1.44. The standard InChI is InChI=1S/C32H25N5O9.CH4O/c33-25-22-26(35-32(42)36-27(22)38)37(17-34-25)28-24(46-31(41)20-14-8-3-9-15-20)23(45-30(40)19-12-6-2-7-13-19)21(44-28)16-43-29(39)18-10-4-1-5-11-18;1-2/h1-15,17,21,23-24,28,33H,16H2,(H2,35,36,38,42);2H,1H3/t21-,23-,24-,28-;/m1./s1. The summed E-state index contributed by atoms with van der Waals surface area (Å²) in [4.78, 5) is 73.0. The third kappa shape index (κ3) is 7.11. The summed E-state index contributed by atoms with van der Waals surface area (Å²) in [5, 5.41) is 14.9. The summed E-state index contributed by atoms with van der Waals surface area (Å²) < 4.78 is 24.8. The van der Waals surface area contributed by atoms with Crippen molar-refractivity contribution in [1.82, 2.24) is 19.5 Å². The molecule has 0 radical (unpaired) electrons. The molecule has 246 valence electrons. The van der Waals surface area contributed by atoms with Crippen LogP contribution in [0, 0.1) is 5.41 Å². The minimum absolute atomic E-state index is 0.172. The van der Waals surface area contributed by atoms with E-state index in [1.165, 1.54) is 28.8 Å². The highest BCUT2D eigenvalue weighted by Gasteiger charge is 2.51. The molecule has 1 aliphatic rings. The van der Waals surface area contributed by atoms with Gasteiger partial charge in [0.05, 0.1) is 16.7 Å². The summed E-state index contributed by atoms with van der Waals surface area (Å²) in [7, 11) is 1.00. The Kier molecular flexibility index (Phi) is 10.3. The van der Waals surface area contributed by atoms with E-state index in [9.17, 15) is 24.0 Å². The molecular formula is C33H29N5O10.